The SMILES string of the molecule is Cc1cccc(C)c1Nc1c(C2CCCCC2)nc2c(C(=O)NC(C)C(=O)O)cccn12. The lowest BCUT2D eigenvalue weighted by atomic mass is 9.87. The first-order valence-corrected chi connectivity index (χ1v) is 11.2. The summed E-state index contributed by atoms with van der Waals surface area (Å²) in [5, 5.41) is 15.4. The number of fused-ring (bicyclic) bond motifs is 1. The summed E-state index contributed by atoms with van der Waals surface area (Å²) in [7, 11) is 0. The van der Waals surface area contributed by atoms with E-state index in [0.29, 0.717) is 17.1 Å². The molecule has 7 heteroatoms. The van der Waals surface area contributed by atoms with E-state index in [-0.39, 0.29) is 0 Å². The number of carboxylic acid groups (broad SMARTS) is 1. The average molecular weight is 435 g/mol. The van der Waals surface area contributed by atoms with Crippen LogP contribution in [0.2, 0.25) is 0 Å². The number of carbonyl (C=O) groups is 2. The molecule has 1 unspecified atom stereocenters. The van der Waals surface area contributed by atoms with Crippen LogP contribution >= 0.6 is 0 Å². The summed E-state index contributed by atoms with van der Waals surface area (Å²) in [6.07, 6.45) is 7.63. The lowest BCUT2D eigenvalue weighted by Gasteiger charge is -2.22. The van der Waals surface area contributed by atoms with Gasteiger partial charge >= 0.3 is 5.97 Å². The van der Waals surface area contributed by atoms with Gasteiger partial charge in [0.25, 0.3) is 5.91 Å². The molecule has 1 aliphatic rings. The van der Waals surface area contributed by atoms with Crippen molar-refractivity contribution in [1.29, 1.82) is 0 Å². The van der Waals surface area contributed by atoms with Crippen LogP contribution < -0.4 is 10.6 Å². The Kier molecular flexibility index (Phi) is 6.17. The topological polar surface area (TPSA) is 95.7 Å². The number of benzene rings is 1. The van der Waals surface area contributed by atoms with Crippen molar-refractivity contribution < 1.29 is 14.7 Å². The third-order valence-electron chi connectivity index (χ3n) is 6.36. The number of nitrogens with zero attached hydrogens (tertiary/aromatic N) is 2. The Bertz CT molecular complexity index is 1140. The zero-order valence-corrected chi connectivity index (χ0v) is 18.8. The fraction of sp³-hybridized carbons (Fsp3) is 0.400. The third kappa shape index (κ3) is 4.20. The molecule has 1 aromatic carbocycles. The zero-order chi connectivity index (χ0) is 22.8. The predicted octanol–water partition coefficient (Wildman–Crippen LogP) is 4.95. The monoisotopic (exact) mass is 434 g/mol. The van der Waals surface area contributed by atoms with Crippen molar-refractivity contribution in [1.82, 2.24) is 14.7 Å². The number of rotatable bonds is 6. The fourth-order valence-electron chi connectivity index (χ4n) is 4.51. The van der Waals surface area contributed by atoms with Crippen molar-refractivity contribution >= 4 is 29.0 Å². The van der Waals surface area contributed by atoms with Gasteiger partial charge in [-0.2, -0.15) is 0 Å². The molecule has 0 bridgehead atoms. The lowest BCUT2D eigenvalue weighted by molar-refractivity contribution is -0.138. The van der Waals surface area contributed by atoms with Gasteiger partial charge in [0.15, 0.2) is 5.65 Å². The minimum Gasteiger partial charge on any atom is -0.480 e. The number of hydrogen-bond acceptors (Lipinski definition) is 4. The van der Waals surface area contributed by atoms with Crippen LogP contribution in [0.3, 0.4) is 0 Å². The molecule has 4 rings (SSSR count). The Balaban J connectivity index is 1.83. The highest BCUT2D eigenvalue weighted by Gasteiger charge is 2.26. The maximum absolute atomic E-state index is 12.9. The number of nitrogens with one attached hydrogen (secondary N) is 2. The smallest absolute Gasteiger partial charge is 0.325 e. The van der Waals surface area contributed by atoms with E-state index in [0.717, 1.165) is 41.2 Å². The number of anilines is 2. The van der Waals surface area contributed by atoms with Gasteiger partial charge in [0.05, 0.1) is 11.3 Å². The fourth-order valence-corrected chi connectivity index (χ4v) is 4.51. The number of aryl methyl sites for hydroxylation is 2. The van der Waals surface area contributed by atoms with Crippen molar-refractivity contribution in [3.05, 3.63) is 58.9 Å². The summed E-state index contributed by atoms with van der Waals surface area (Å²) < 4.78 is 1.93. The predicted molar refractivity (Wildman–Crippen MR) is 125 cm³/mol. The Labute approximate surface area is 187 Å². The Morgan fingerprint density at radius 3 is 2.44 bits per heavy atom. The summed E-state index contributed by atoms with van der Waals surface area (Å²) >= 11 is 0. The van der Waals surface area contributed by atoms with Crippen molar-refractivity contribution in [2.75, 3.05) is 5.32 Å². The average Bonchev–Trinajstić information content (AvgIpc) is 3.15. The van der Waals surface area contributed by atoms with Crippen molar-refractivity contribution in [3.63, 3.8) is 0 Å². The molecule has 3 N–H and O–H groups in total. The van der Waals surface area contributed by atoms with E-state index in [4.69, 9.17) is 4.98 Å². The van der Waals surface area contributed by atoms with Crippen LogP contribution in [0.25, 0.3) is 5.65 Å². The Morgan fingerprint density at radius 2 is 1.78 bits per heavy atom. The Hall–Kier alpha value is -3.35. The van der Waals surface area contributed by atoms with E-state index in [1.807, 2.05) is 16.7 Å². The number of aliphatic carboxylic acids is 1. The van der Waals surface area contributed by atoms with Crippen LogP contribution in [0, 0.1) is 13.8 Å². The Morgan fingerprint density at radius 1 is 1.09 bits per heavy atom. The summed E-state index contributed by atoms with van der Waals surface area (Å²) in [6.45, 7) is 5.60. The second-order valence-electron chi connectivity index (χ2n) is 8.72. The molecule has 7 nitrogen and oxygen atoms in total. The summed E-state index contributed by atoms with van der Waals surface area (Å²) in [6, 6.07) is 8.70. The first kappa shape index (κ1) is 21.9. The molecule has 32 heavy (non-hydrogen) atoms. The van der Waals surface area contributed by atoms with E-state index in [1.165, 1.54) is 26.2 Å². The van der Waals surface area contributed by atoms with Gasteiger partial charge in [-0.1, -0.05) is 37.5 Å². The highest BCUT2D eigenvalue weighted by molar-refractivity contribution is 6.01. The minimum atomic E-state index is -1.08. The van der Waals surface area contributed by atoms with E-state index in [2.05, 4.69) is 36.6 Å². The molecule has 3 aromatic rings. The summed E-state index contributed by atoms with van der Waals surface area (Å²) in [5.41, 5.74) is 5.20. The molecule has 1 atom stereocenters. The molecule has 1 fully saturated rings. The van der Waals surface area contributed by atoms with Crippen LogP contribution in [0.4, 0.5) is 11.5 Å². The van der Waals surface area contributed by atoms with E-state index in [1.54, 1.807) is 12.1 Å². The molecule has 0 spiro atoms. The van der Waals surface area contributed by atoms with Gasteiger partial charge in [-0.05, 0) is 56.9 Å². The zero-order valence-electron chi connectivity index (χ0n) is 18.8. The first-order valence-electron chi connectivity index (χ1n) is 11.2. The van der Waals surface area contributed by atoms with Gasteiger partial charge in [-0.25, -0.2) is 4.98 Å². The molecule has 0 radical (unpaired) electrons. The molecule has 0 saturated heterocycles. The number of imidazole rings is 1. The van der Waals surface area contributed by atoms with Gasteiger partial charge in [-0.3, -0.25) is 14.0 Å². The van der Waals surface area contributed by atoms with E-state index >= 15 is 0 Å². The molecule has 2 aromatic heterocycles. The second kappa shape index (κ2) is 9.02. The van der Waals surface area contributed by atoms with Crippen LogP contribution in [0.15, 0.2) is 36.5 Å². The minimum absolute atomic E-state index is 0.323. The molecular formula is C25H30N4O3. The number of amides is 1. The van der Waals surface area contributed by atoms with Crippen LogP contribution in [-0.2, 0) is 4.79 Å². The molecule has 2 heterocycles. The van der Waals surface area contributed by atoms with Gasteiger partial charge in [-0.15, -0.1) is 0 Å². The maximum atomic E-state index is 12.9. The maximum Gasteiger partial charge on any atom is 0.325 e. The molecular weight excluding hydrogens is 404 g/mol. The number of hydrogen-bond donors (Lipinski definition) is 3. The van der Waals surface area contributed by atoms with Crippen LogP contribution in [0.1, 0.15) is 72.1 Å². The normalized spacial score (nSPS) is 15.5. The summed E-state index contributed by atoms with van der Waals surface area (Å²) in [5.74, 6) is -0.312. The molecule has 1 amide bonds. The van der Waals surface area contributed by atoms with Gasteiger partial charge < -0.3 is 15.7 Å². The number of aromatic nitrogens is 2. The van der Waals surface area contributed by atoms with Crippen LogP contribution in [-0.4, -0.2) is 32.4 Å². The van der Waals surface area contributed by atoms with Crippen LogP contribution in [0.5, 0.6) is 0 Å². The first-order chi connectivity index (χ1) is 15.4. The van der Waals surface area contributed by atoms with Gasteiger partial charge in [0.2, 0.25) is 0 Å². The van der Waals surface area contributed by atoms with Crippen molar-refractivity contribution in [2.45, 2.75) is 64.8 Å². The van der Waals surface area contributed by atoms with Gasteiger partial charge in [0, 0.05) is 17.8 Å². The largest absolute Gasteiger partial charge is 0.480 e. The molecule has 1 saturated carbocycles. The second-order valence-corrected chi connectivity index (χ2v) is 8.72. The lowest BCUT2D eigenvalue weighted by Crippen LogP contribution is -2.38. The quantitative estimate of drug-likeness (QED) is 0.510. The van der Waals surface area contributed by atoms with Crippen molar-refractivity contribution in [3.8, 4) is 0 Å². The van der Waals surface area contributed by atoms with Crippen molar-refractivity contribution in [2.24, 2.45) is 0 Å². The van der Waals surface area contributed by atoms with E-state index in [9.17, 15) is 14.7 Å². The number of pyridine rings is 1. The molecule has 1 aliphatic carbocycles. The van der Waals surface area contributed by atoms with Gasteiger partial charge in [0.1, 0.15) is 11.9 Å². The highest BCUT2D eigenvalue weighted by Crippen LogP contribution is 2.38. The third-order valence-corrected chi connectivity index (χ3v) is 6.36. The standard InChI is InChI=1S/C25H30N4O3/c1-15-9-7-10-16(2)20(15)27-23-21(18-11-5-4-6-12-18)28-22-19(13-8-14-29(22)23)24(30)26-17(3)25(31)32/h7-10,13-14,17-18,27H,4-6,11-12H2,1-3H3,(H,26,30)(H,31,32). The molecule has 0 aliphatic heterocycles. The summed E-state index contributed by atoms with van der Waals surface area (Å²) in [4.78, 5) is 29.1. The number of carbonyl (C=O) groups excluding carboxylic acids is 1. The number of para-hydroxylation sites is 1. The van der Waals surface area contributed by atoms with E-state index < -0.39 is 17.9 Å². The highest BCUT2D eigenvalue weighted by atomic mass is 16.4. The number of carboxylic acids is 1. The molecule has 168 valence electrons.